The number of urea groups is 1. The van der Waals surface area contributed by atoms with Gasteiger partial charge in [-0.15, -0.1) is 10.2 Å². The minimum Gasteiger partial charge on any atom is -0.413 e. The molecule has 2 aromatic carbocycles. The molecule has 3 heterocycles. The number of carbonyl (C=O) groups is 1. The number of carbonyl (C=O) groups excluding carboxylic acids is 1. The molecule has 1 aliphatic rings. The lowest BCUT2D eigenvalue weighted by Gasteiger charge is -2.38. The lowest BCUT2D eigenvalue weighted by Crippen LogP contribution is -2.53. The van der Waals surface area contributed by atoms with Crippen LogP contribution in [0.5, 0.6) is 0 Å². The van der Waals surface area contributed by atoms with Gasteiger partial charge in [0.15, 0.2) is 0 Å². The third-order valence-electron chi connectivity index (χ3n) is 6.03. The second-order valence-corrected chi connectivity index (χ2v) is 8.47. The molecule has 0 spiro atoms. The SMILES string of the molecule is O=C(N1CCN(c2ccccn2)CC1)N(Cc1ccc(-c2nnc(C(F)(F)F)o2)cc1)c1ccccc1. The Morgan fingerprint density at radius 1 is 0.892 bits per heavy atom. The summed E-state index contributed by atoms with van der Waals surface area (Å²) in [5, 5.41) is 6.56. The van der Waals surface area contributed by atoms with Gasteiger partial charge in [0.05, 0.1) is 6.54 Å². The molecule has 1 aliphatic heterocycles. The average Bonchev–Trinajstić information content (AvgIpc) is 3.44. The van der Waals surface area contributed by atoms with Gasteiger partial charge in [0.2, 0.25) is 5.89 Å². The molecular weight excluding hydrogens is 485 g/mol. The largest absolute Gasteiger partial charge is 0.470 e. The molecule has 4 aromatic rings. The van der Waals surface area contributed by atoms with Crippen molar-refractivity contribution in [1.82, 2.24) is 20.1 Å². The zero-order chi connectivity index (χ0) is 25.8. The van der Waals surface area contributed by atoms with Crippen LogP contribution in [0.25, 0.3) is 11.5 Å². The number of hydrogen-bond donors (Lipinski definition) is 0. The predicted octanol–water partition coefficient (Wildman–Crippen LogP) is 5.10. The van der Waals surface area contributed by atoms with E-state index in [1.54, 1.807) is 35.4 Å². The van der Waals surface area contributed by atoms with Crippen molar-refractivity contribution in [3.63, 3.8) is 0 Å². The van der Waals surface area contributed by atoms with Crippen LogP contribution in [-0.2, 0) is 12.7 Å². The second kappa shape index (κ2) is 10.3. The molecule has 0 radical (unpaired) electrons. The number of aromatic nitrogens is 3. The number of alkyl halides is 3. The standard InChI is InChI=1S/C26H23F3N6O2/c27-26(28,29)24-32-31-23(37-24)20-11-9-19(10-12-20)18-35(21-6-2-1-3-7-21)25(36)34-16-14-33(15-17-34)22-8-4-5-13-30-22/h1-13H,14-18H2. The topological polar surface area (TPSA) is 78.6 Å². The smallest absolute Gasteiger partial charge is 0.413 e. The maximum absolute atomic E-state index is 13.6. The van der Waals surface area contributed by atoms with Gasteiger partial charge in [0, 0.05) is 43.6 Å². The molecule has 2 aromatic heterocycles. The minimum absolute atomic E-state index is 0.123. The Balaban J connectivity index is 1.30. The van der Waals surface area contributed by atoms with Gasteiger partial charge in [0.25, 0.3) is 0 Å². The van der Waals surface area contributed by atoms with E-state index >= 15 is 0 Å². The summed E-state index contributed by atoms with van der Waals surface area (Å²) < 4.78 is 43.1. The molecule has 2 amide bonds. The van der Waals surface area contributed by atoms with Crippen molar-refractivity contribution in [3.8, 4) is 11.5 Å². The fraction of sp³-hybridized carbons (Fsp3) is 0.231. The fourth-order valence-electron chi connectivity index (χ4n) is 4.11. The number of rotatable bonds is 5. The van der Waals surface area contributed by atoms with Crippen molar-refractivity contribution in [2.75, 3.05) is 36.0 Å². The first-order chi connectivity index (χ1) is 17.9. The first-order valence-corrected chi connectivity index (χ1v) is 11.7. The van der Waals surface area contributed by atoms with Gasteiger partial charge in [-0.1, -0.05) is 36.4 Å². The van der Waals surface area contributed by atoms with Crippen molar-refractivity contribution in [3.05, 3.63) is 90.4 Å². The monoisotopic (exact) mass is 508 g/mol. The molecular formula is C26H23F3N6O2. The maximum Gasteiger partial charge on any atom is 0.470 e. The van der Waals surface area contributed by atoms with E-state index in [0.717, 1.165) is 17.1 Å². The molecule has 0 saturated carbocycles. The fourth-order valence-corrected chi connectivity index (χ4v) is 4.11. The third kappa shape index (κ3) is 5.55. The van der Waals surface area contributed by atoms with Gasteiger partial charge < -0.3 is 14.2 Å². The minimum atomic E-state index is -4.70. The Morgan fingerprint density at radius 2 is 1.59 bits per heavy atom. The summed E-state index contributed by atoms with van der Waals surface area (Å²) in [7, 11) is 0. The summed E-state index contributed by atoms with van der Waals surface area (Å²) in [5.74, 6) is -0.727. The molecule has 5 rings (SSSR count). The zero-order valence-corrected chi connectivity index (χ0v) is 19.7. The summed E-state index contributed by atoms with van der Waals surface area (Å²) in [4.78, 5) is 23.7. The van der Waals surface area contributed by atoms with Crippen LogP contribution in [0.3, 0.4) is 0 Å². The first-order valence-electron chi connectivity index (χ1n) is 11.7. The number of anilines is 2. The summed E-state index contributed by atoms with van der Waals surface area (Å²) in [6.45, 7) is 2.72. The number of amides is 2. The molecule has 0 unspecified atom stereocenters. The Morgan fingerprint density at radius 3 is 2.22 bits per heavy atom. The zero-order valence-electron chi connectivity index (χ0n) is 19.7. The normalized spacial score (nSPS) is 14.0. The van der Waals surface area contributed by atoms with E-state index in [1.807, 2.05) is 53.4 Å². The lowest BCUT2D eigenvalue weighted by atomic mass is 10.1. The molecule has 0 atom stereocenters. The third-order valence-corrected chi connectivity index (χ3v) is 6.03. The van der Waals surface area contributed by atoms with E-state index in [9.17, 15) is 18.0 Å². The Labute approximate surface area is 211 Å². The second-order valence-electron chi connectivity index (χ2n) is 8.47. The number of benzene rings is 2. The predicted molar refractivity (Wildman–Crippen MR) is 131 cm³/mol. The highest BCUT2D eigenvalue weighted by Crippen LogP contribution is 2.30. The molecule has 1 saturated heterocycles. The number of nitrogens with zero attached hydrogens (tertiary/aromatic N) is 6. The van der Waals surface area contributed by atoms with E-state index in [-0.39, 0.29) is 18.5 Å². The van der Waals surface area contributed by atoms with Crippen LogP contribution in [0.2, 0.25) is 0 Å². The van der Waals surface area contributed by atoms with Crippen molar-refractivity contribution in [1.29, 1.82) is 0 Å². The van der Waals surface area contributed by atoms with Gasteiger partial charge in [-0.3, -0.25) is 4.90 Å². The van der Waals surface area contributed by atoms with Crippen molar-refractivity contribution in [2.45, 2.75) is 12.7 Å². The summed E-state index contributed by atoms with van der Waals surface area (Å²) in [6.07, 6.45) is -2.95. The molecule has 0 bridgehead atoms. The van der Waals surface area contributed by atoms with Crippen molar-refractivity contribution in [2.24, 2.45) is 0 Å². The molecule has 0 N–H and O–H groups in total. The first kappa shape index (κ1) is 24.3. The van der Waals surface area contributed by atoms with E-state index < -0.39 is 12.1 Å². The molecule has 11 heteroatoms. The molecule has 190 valence electrons. The van der Waals surface area contributed by atoms with Crippen LogP contribution in [0.1, 0.15) is 11.5 Å². The van der Waals surface area contributed by atoms with Gasteiger partial charge in [0.1, 0.15) is 5.82 Å². The van der Waals surface area contributed by atoms with Crippen LogP contribution in [-0.4, -0.2) is 52.3 Å². The summed E-state index contributed by atoms with van der Waals surface area (Å²) in [5.41, 5.74) is 1.90. The number of pyridine rings is 1. The number of para-hydroxylation sites is 1. The van der Waals surface area contributed by atoms with Crippen LogP contribution in [0.4, 0.5) is 29.5 Å². The number of hydrogen-bond acceptors (Lipinski definition) is 6. The van der Waals surface area contributed by atoms with Gasteiger partial charge >= 0.3 is 18.1 Å². The Bertz CT molecular complexity index is 1320. The maximum atomic E-state index is 13.6. The highest BCUT2D eigenvalue weighted by atomic mass is 19.4. The molecule has 1 fully saturated rings. The average molecular weight is 509 g/mol. The van der Waals surface area contributed by atoms with E-state index in [4.69, 9.17) is 4.42 Å². The summed E-state index contributed by atoms with van der Waals surface area (Å²) >= 11 is 0. The van der Waals surface area contributed by atoms with Crippen molar-refractivity contribution < 1.29 is 22.4 Å². The van der Waals surface area contributed by atoms with Gasteiger partial charge in [-0.05, 0) is 42.0 Å². The van der Waals surface area contributed by atoms with Crippen molar-refractivity contribution >= 4 is 17.5 Å². The van der Waals surface area contributed by atoms with Crippen LogP contribution >= 0.6 is 0 Å². The van der Waals surface area contributed by atoms with Crippen LogP contribution < -0.4 is 9.80 Å². The van der Waals surface area contributed by atoms with E-state index in [0.29, 0.717) is 31.7 Å². The highest BCUT2D eigenvalue weighted by molar-refractivity contribution is 5.92. The quantitative estimate of drug-likeness (QED) is 0.373. The van der Waals surface area contributed by atoms with Gasteiger partial charge in [-0.25, -0.2) is 9.78 Å². The molecule has 0 aliphatic carbocycles. The number of piperazine rings is 1. The van der Waals surface area contributed by atoms with E-state index in [2.05, 4.69) is 20.1 Å². The highest BCUT2D eigenvalue weighted by Gasteiger charge is 2.38. The lowest BCUT2D eigenvalue weighted by molar-refractivity contribution is -0.156. The summed E-state index contributed by atoms with van der Waals surface area (Å²) in [6, 6.07) is 21.7. The Kier molecular flexibility index (Phi) is 6.76. The van der Waals surface area contributed by atoms with Crippen LogP contribution in [0, 0.1) is 0 Å². The van der Waals surface area contributed by atoms with Crippen LogP contribution in [0.15, 0.2) is 83.4 Å². The Hall–Kier alpha value is -4.41. The molecule has 37 heavy (non-hydrogen) atoms. The van der Waals surface area contributed by atoms with Gasteiger partial charge in [-0.2, -0.15) is 13.2 Å². The number of halogens is 3. The van der Waals surface area contributed by atoms with E-state index in [1.165, 1.54) is 0 Å². The molecule has 8 nitrogen and oxygen atoms in total.